The first-order chi connectivity index (χ1) is 10.1. The highest BCUT2D eigenvalue weighted by Crippen LogP contribution is 2.25. The maximum atomic E-state index is 10.1. The van der Waals surface area contributed by atoms with E-state index in [2.05, 4.69) is 16.8 Å². The van der Waals surface area contributed by atoms with Gasteiger partial charge >= 0.3 is 0 Å². The van der Waals surface area contributed by atoms with Crippen molar-refractivity contribution < 1.29 is 5.11 Å². The third-order valence-corrected chi connectivity index (χ3v) is 3.52. The molecule has 0 spiro atoms. The summed E-state index contributed by atoms with van der Waals surface area (Å²) >= 11 is 0. The second-order valence-corrected chi connectivity index (χ2v) is 5.07. The lowest BCUT2D eigenvalue weighted by Gasteiger charge is -2.05. The van der Waals surface area contributed by atoms with Crippen LogP contribution in [0.5, 0.6) is 5.88 Å². The molecule has 0 unspecified atom stereocenters. The SMILES string of the molecule is Cc1ccc(C#Cc2c(O)nc3ccccc3c2C)cc1. The molecule has 0 aliphatic rings. The van der Waals surface area contributed by atoms with Crippen LogP contribution >= 0.6 is 0 Å². The molecule has 21 heavy (non-hydrogen) atoms. The number of para-hydroxylation sites is 1. The second-order valence-electron chi connectivity index (χ2n) is 5.07. The quantitative estimate of drug-likeness (QED) is 0.629. The average molecular weight is 273 g/mol. The molecule has 0 aliphatic heterocycles. The highest BCUT2D eigenvalue weighted by Gasteiger charge is 2.08. The molecule has 2 aromatic carbocycles. The Balaban J connectivity index is 2.11. The molecule has 0 radical (unpaired) electrons. The largest absolute Gasteiger partial charge is 0.492 e. The minimum atomic E-state index is -0.00851. The van der Waals surface area contributed by atoms with E-state index < -0.39 is 0 Å². The van der Waals surface area contributed by atoms with Gasteiger partial charge in [-0.1, -0.05) is 47.7 Å². The summed E-state index contributed by atoms with van der Waals surface area (Å²) in [6.45, 7) is 4.00. The first-order valence-electron chi connectivity index (χ1n) is 6.82. The maximum Gasteiger partial charge on any atom is 0.227 e. The molecule has 102 valence electrons. The van der Waals surface area contributed by atoms with Gasteiger partial charge in [0.15, 0.2) is 0 Å². The predicted octanol–water partition coefficient (Wildman–Crippen LogP) is 3.96. The number of rotatable bonds is 0. The number of hydrogen-bond donors (Lipinski definition) is 1. The summed E-state index contributed by atoms with van der Waals surface area (Å²) in [5.74, 6) is 6.12. The fraction of sp³-hybridized carbons (Fsp3) is 0.105. The molecule has 1 N–H and O–H groups in total. The van der Waals surface area contributed by atoms with E-state index in [1.54, 1.807) is 0 Å². The zero-order valence-electron chi connectivity index (χ0n) is 12.0. The van der Waals surface area contributed by atoms with Crippen LogP contribution in [0.15, 0.2) is 48.5 Å². The van der Waals surface area contributed by atoms with Crippen molar-refractivity contribution in [1.29, 1.82) is 0 Å². The Hall–Kier alpha value is -2.79. The van der Waals surface area contributed by atoms with Crippen LogP contribution in [0.4, 0.5) is 0 Å². The van der Waals surface area contributed by atoms with Crippen molar-refractivity contribution in [3.05, 3.63) is 70.8 Å². The molecule has 0 aliphatic carbocycles. The van der Waals surface area contributed by atoms with Gasteiger partial charge in [-0.2, -0.15) is 0 Å². The lowest BCUT2D eigenvalue weighted by atomic mass is 10.0. The molecule has 0 amide bonds. The summed E-state index contributed by atoms with van der Waals surface area (Å²) < 4.78 is 0. The first-order valence-corrected chi connectivity index (χ1v) is 6.82. The summed E-state index contributed by atoms with van der Waals surface area (Å²) in [7, 11) is 0. The van der Waals surface area contributed by atoms with Gasteiger partial charge < -0.3 is 5.11 Å². The van der Waals surface area contributed by atoms with Crippen LogP contribution in [-0.2, 0) is 0 Å². The molecule has 1 aromatic heterocycles. The van der Waals surface area contributed by atoms with Crippen molar-refractivity contribution in [2.75, 3.05) is 0 Å². The van der Waals surface area contributed by atoms with E-state index in [0.717, 1.165) is 22.0 Å². The van der Waals surface area contributed by atoms with Gasteiger partial charge in [-0.3, -0.25) is 0 Å². The van der Waals surface area contributed by atoms with Crippen molar-refractivity contribution >= 4 is 10.9 Å². The molecule has 3 aromatic rings. The smallest absolute Gasteiger partial charge is 0.227 e. The Bertz CT molecular complexity index is 868. The normalized spacial score (nSPS) is 10.2. The van der Waals surface area contributed by atoms with Crippen molar-refractivity contribution in [3.8, 4) is 17.7 Å². The fourth-order valence-electron chi connectivity index (χ4n) is 2.28. The van der Waals surface area contributed by atoms with Crippen LogP contribution in [0.1, 0.15) is 22.3 Å². The van der Waals surface area contributed by atoms with Gasteiger partial charge in [0, 0.05) is 10.9 Å². The van der Waals surface area contributed by atoms with Gasteiger partial charge in [-0.15, -0.1) is 0 Å². The Morgan fingerprint density at radius 2 is 1.62 bits per heavy atom. The van der Waals surface area contributed by atoms with Crippen LogP contribution in [0, 0.1) is 25.7 Å². The van der Waals surface area contributed by atoms with Crippen LogP contribution in [-0.4, -0.2) is 10.1 Å². The second kappa shape index (κ2) is 5.30. The van der Waals surface area contributed by atoms with E-state index in [9.17, 15) is 5.11 Å². The number of benzene rings is 2. The Kier molecular flexibility index (Phi) is 3.33. The van der Waals surface area contributed by atoms with Gasteiger partial charge in [0.2, 0.25) is 5.88 Å². The molecule has 0 bridgehead atoms. The van der Waals surface area contributed by atoms with Crippen LogP contribution in [0.2, 0.25) is 0 Å². The zero-order valence-corrected chi connectivity index (χ0v) is 12.0. The molecule has 0 saturated heterocycles. The first kappa shape index (κ1) is 13.2. The van der Waals surface area contributed by atoms with Gasteiger partial charge in [0.25, 0.3) is 0 Å². The maximum absolute atomic E-state index is 10.1. The average Bonchev–Trinajstić information content (AvgIpc) is 2.49. The lowest BCUT2D eigenvalue weighted by Crippen LogP contribution is -1.90. The van der Waals surface area contributed by atoms with E-state index in [-0.39, 0.29) is 5.88 Å². The topological polar surface area (TPSA) is 33.1 Å². The third-order valence-electron chi connectivity index (χ3n) is 3.52. The Morgan fingerprint density at radius 1 is 0.905 bits per heavy atom. The van der Waals surface area contributed by atoms with Crippen molar-refractivity contribution in [2.45, 2.75) is 13.8 Å². The van der Waals surface area contributed by atoms with E-state index in [0.29, 0.717) is 5.56 Å². The predicted molar refractivity (Wildman–Crippen MR) is 85.3 cm³/mol. The summed E-state index contributed by atoms with van der Waals surface area (Å²) in [4.78, 5) is 4.22. The molecule has 3 rings (SSSR count). The Labute approximate surface area is 124 Å². The summed E-state index contributed by atoms with van der Waals surface area (Å²) in [5.41, 5.74) is 4.46. The highest BCUT2D eigenvalue weighted by molar-refractivity contribution is 5.85. The number of aryl methyl sites for hydroxylation is 2. The fourth-order valence-corrected chi connectivity index (χ4v) is 2.28. The van der Waals surface area contributed by atoms with Crippen LogP contribution < -0.4 is 0 Å². The van der Waals surface area contributed by atoms with Crippen molar-refractivity contribution in [3.63, 3.8) is 0 Å². The number of pyridine rings is 1. The molecule has 1 heterocycles. The highest BCUT2D eigenvalue weighted by atomic mass is 16.3. The number of aromatic nitrogens is 1. The minimum absolute atomic E-state index is 0.00851. The molecule has 0 saturated carbocycles. The molecular weight excluding hydrogens is 258 g/mol. The van der Waals surface area contributed by atoms with Gasteiger partial charge in [-0.05, 0) is 37.6 Å². The molecule has 2 nitrogen and oxygen atoms in total. The zero-order chi connectivity index (χ0) is 14.8. The number of fused-ring (bicyclic) bond motifs is 1. The molecule has 0 fully saturated rings. The van der Waals surface area contributed by atoms with Crippen LogP contribution in [0.3, 0.4) is 0 Å². The minimum Gasteiger partial charge on any atom is -0.492 e. The molecular formula is C19H15NO. The van der Waals surface area contributed by atoms with Gasteiger partial charge in [-0.25, -0.2) is 4.98 Å². The number of hydrogen-bond acceptors (Lipinski definition) is 2. The lowest BCUT2D eigenvalue weighted by molar-refractivity contribution is 0.453. The standard InChI is InChI=1S/C19H15NO/c1-13-7-9-15(10-8-13)11-12-17-14(2)16-5-3-4-6-18(16)20-19(17)21/h3-10H,1-2H3,(H,20,21). The van der Waals surface area contributed by atoms with E-state index in [1.165, 1.54) is 5.56 Å². The summed E-state index contributed by atoms with van der Waals surface area (Å²) in [6, 6.07) is 15.8. The number of nitrogens with zero attached hydrogens (tertiary/aromatic N) is 1. The van der Waals surface area contributed by atoms with E-state index >= 15 is 0 Å². The van der Waals surface area contributed by atoms with Crippen molar-refractivity contribution in [1.82, 2.24) is 4.98 Å². The van der Waals surface area contributed by atoms with E-state index in [4.69, 9.17) is 0 Å². The van der Waals surface area contributed by atoms with E-state index in [1.807, 2.05) is 62.4 Å². The monoisotopic (exact) mass is 273 g/mol. The summed E-state index contributed by atoms with van der Waals surface area (Å²) in [5, 5.41) is 11.1. The molecule has 2 heteroatoms. The Morgan fingerprint density at radius 3 is 2.38 bits per heavy atom. The third kappa shape index (κ3) is 2.59. The van der Waals surface area contributed by atoms with Gasteiger partial charge in [0.1, 0.15) is 0 Å². The van der Waals surface area contributed by atoms with Gasteiger partial charge in [0.05, 0.1) is 11.1 Å². The molecule has 0 atom stereocenters. The van der Waals surface area contributed by atoms with Crippen molar-refractivity contribution in [2.24, 2.45) is 0 Å². The van der Waals surface area contributed by atoms with Crippen LogP contribution in [0.25, 0.3) is 10.9 Å². The summed E-state index contributed by atoms with van der Waals surface area (Å²) in [6.07, 6.45) is 0. The number of aromatic hydroxyl groups is 1.